The van der Waals surface area contributed by atoms with Gasteiger partial charge in [0.25, 0.3) is 0 Å². The van der Waals surface area contributed by atoms with Crippen molar-refractivity contribution in [3.8, 4) is 0 Å². The molecule has 0 radical (unpaired) electrons. The monoisotopic (exact) mass is 311 g/mol. The molecule has 0 atom stereocenters. The molecule has 0 aliphatic heterocycles. The average molecular weight is 312 g/mol. The molecular formula is C12H10BrNO2S. The van der Waals surface area contributed by atoms with Crippen LogP contribution in [0.5, 0.6) is 0 Å². The number of halogens is 1. The van der Waals surface area contributed by atoms with Crippen LogP contribution in [0.1, 0.15) is 10.4 Å². The van der Waals surface area contributed by atoms with Gasteiger partial charge in [-0.25, -0.2) is 4.79 Å². The first-order chi connectivity index (χ1) is 8.08. The van der Waals surface area contributed by atoms with Crippen molar-refractivity contribution in [3.05, 3.63) is 45.7 Å². The molecule has 2 aromatic rings. The second-order valence-corrected chi connectivity index (χ2v) is 5.32. The smallest absolute Gasteiger partial charge is 0.335 e. The van der Waals surface area contributed by atoms with Crippen LogP contribution in [-0.2, 0) is 0 Å². The fourth-order valence-corrected chi connectivity index (χ4v) is 2.86. The SMILES string of the molecule is CN(c1cccc(C(=O)O)c1)c1cc(Br)cs1. The Balaban J connectivity index is 2.33. The van der Waals surface area contributed by atoms with Crippen molar-refractivity contribution in [1.82, 2.24) is 0 Å². The molecule has 1 aromatic heterocycles. The normalized spacial score (nSPS) is 10.2. The average Bonchev–Trinajstić information content (AvgIpc) is 2.75. The lowest BCUT2D eigenvalue weighted by atomic mass is 10.2. The van der Waals surface area contributed by atoms with Gasteiger partial charge >= 0.3 is 5.97 Å². The Morgan fingerprint density at radius 1 is 1.41 bits per heavy atom. The molecule has 1 heterocycles. The third-order valence-electron chi connectivity index (χ3n) is 2.36. The first-order valence-corrected chi connectivity index (χ1v) is 6.56. The van der Waals surface area contributed by atoms with Crippen LogP contribution in [0.3, 0.4) is 0 Å². The summed E-state index contributed by atoms with van der Waals surface area (Å²) >= 11 is 5.00. The Morgan fingerprint density at radius 3 is 2.76 bits per heavy atom. The van der Waals surface area contributed by atoms with Crippen LogP contribution < -0.4 is 4.90 Å². The standard InChI is InChI=1S/C12H10BrNO2S/c1-14(11-6-9(13)7-17-11)10-4-2-3-8(5-10)12(15)16/h2-7H,1H3,(H,15,16). The largest absolute Gasteiger partial charge is 0.478 e. The van der Waals surface area contributed by atoms with Crippen molar-refractivity contribution < 1.29 is 9.90 Å². The van der Waals surface area contributed by atoms with Crippen LogP contribution in [0.4, 0.5) is 10.7 Å². The highest BCUT2D eigenvalue weighted by atomic mass is 79.9. The number of hydrogen-bond acceptors (Lipinski definition) is 3. The number of nitrogens with zero attached hydrogens (tertiary/aromatic N) is 1. The molecule has 0 amide bonds. The maximum Gasteiger partial charge on any atom is 0.335 e. The number of benzene rings is 1. The highest BCUT2D eigenvalue weighted by Crippen LogP contribution is 2.32. The Morgan fingerprint density at radius 2 is 2.18 bits per heavy atom. The highest BCUT2D eigenvalue weighted by molar-refractivity contribution is 9.10. The van der Waals surface area contributed by atoms with Gasteiger partial charge in [0.1, 0.15) is 0 Å². The van der Waals surface area contributed by atoms with Gasteiger partial charge in [-0.15, -0.1) is 11.3 Å². The molecule has 0 spiro atoms. The molecule has 0 aliphatic carbocycles. The molecule has 0 fully saturated rings. The van der Waals surface area contributed by atoms with E-state index in [1.807, 2.05) is 29.5 Å². The van der Waals surface area contributed by atoms with Crippen molar-refractivity contribution in [2.45, 2.75) is 0 Å². The minimum Gasteiger partial charge on any atom is -0.478 e. The van der Waals surface area contributed by atoms with Gasteiger partial charge in [-0.05, 0) is 40.2 Å². The summed E-state index contributed by atoms with van der Waals surface area (Å²) in [5, 5.41) is 12.0. The highest BCUT2D eigenvalue weighted by Gasteiger charge is 2.09. The maximum absolute atomic E-state index is 10.9. The number of rotatable bonds is 3. The maximum atomic E-state index is 10.9. The van der Waals surface area contributed by atoms with E-state index in [0.29, 0.717) is 5.56 Å². The molecule has 1 N–H and O–H groups in total. The topological polar surface area (TPSA) is 40.5 Å². The zero-order valence-corrected chi connectivity index (χ0v) is 11.5. The molecule has 17 heavy (non-hydrogen) atoms. The number of aromatic carboxylic acids is 1. The lowest BCUT2D eigenvalue weighted by Crippen LogP contribution is -2.08. The number of thiophene rings is 1. The van der Waals surface area contributed by atoms with E-state index in [9.17, 15) is 4.79 Å². The summed E-state index contributed by atoms with van der Waals surface area (Å²) < 4.78 is 1.03. The predicted octanol–water partition coefficient (Wildman–Crippen LogP) is 3.98. The summed E-state index contributed by atoms with van der Waals surface area (Å²) in [6, 6.07) is 8.88. The third-order valence-corrected chi connectivity index (χ3v) is 4.13. The van der Waals surface area contributed by atoms with Gasteiger partial charge in [0.15, 0.2) is 0 Å². The molecule has 0 unspecified atom stereocenters. The molecule has 0 saturated heterocycles. The fourth-order valence-electron chi connectivity index (χ4n) is 1.45. The lowest BCUT2D eigenvalue weighted by molar-refractivity contribution is 0.0697. The summed E-state index contributed by atoms with van der Waals surface area (Å²) in [7, 11) is 1.92. The third kappa shape index (κ3) is 2.68. The van der Waals surface area contributed by atoms with E-state index in [-0.39, 0.29) is 0 Å². The van der Waals surface area contributed by atoms with Gasteiger partial charge in [0.05, 0.1) is 10.6 Å². The molecular weight excluding hydrogens is 302 g/mol. The Hall–Kier alpha value is -1.33. The summed E-state index contributed by atoms with van der Waals surface area (Å²) in [6.07, 6.45) is 0. The quantitative estimate of drug-likeness (QED) is 0.932. The molecule has 5 heteroatoms. The van der Waals surface area contributed by atoms with Crippen LogP contribution >= 0.6 is 27.3 Å². The van der Waals surface area contributed by atoms with Gasteiger partial charge in [-0.1, -0.05) is 6.07 Å². The molecule has 2 rings (SSSR count). The van der Waals surface area contributed by atoms with E-state index in [2.05, 4.69) is 15.9 Å². The predicted molar refractivity (Wildman–Crippen MR) is 73.5 cm³/mol. The Bertz CT molecular complexity index is 553. The van der Waals surface area contributed by atoms with E-state index >= 15 is 0 Å². The summed E-state index contributed by atoms with van der Waals surface area (Å²) in [5.74, 6) is -0.910. The van der Waals surface area contributed by atoms with E-state index in [4.69, 9.17) is 5.11 Å². The fraction of sp³-hybridized carbons (Fsp3) is 0.0833. The number of hydrogen-bond donors (Lipinski definition) is 1. The van der Waals surface area contributed by atoms with Crippen molar-refractivity contribution in [3.63, 3.8) is 0 Å². The molecule has 0 saturated carbocycles. The number of anilines is 2. The van der Waals surface area contributed by atoms with Gasteiger partial charge in [-0.3, -0.25) is 0 Å². The number of carboxylic acids is 1. The van der Waals surface area contributed by atoms with Gasteiger partial charge in [-0.2, -0.15) is 0 Å². The zero-order chi connectivity index (χ0) is 12.4. The zero-order valence-electron chi connectivity index (χ0n) is 9.05. The minimum absolute atomic E-state index is 0.296. The van der Waals surface area contributed by atoms with Gasteiger partial charge < -0.3 is 10.0 Å². The van der Waals surface area contributed by atoms with E-state index in [0.717, 1.165) is 15.2 Å². The first kappa shape index (κ1) is 12.1. The van der Waals surface area contributed by atoms with Crippen LogP contribution in [0.2, 0.25) is 0 Å². The van der Waals surface area contributed by atoms with Crippen LogP contribution in [0, 0.1) is 0 Å². The Kier molecular flexibility index (Phi) is 3.49. The lowest BCUT2D eigenvalue weighted by Gasteiger charge is -2.17. The second-order valence-electron chi connectivity index (χ2n) is 3.52. The van der Waals surface area contributed by atoms with E-state index in [1.54, 1.807) is 29.5 Å². The number of carboxylic acid groups (broad SMARTS) is 1. The van der Waals surface area contributed by atoms with Crippen LogP contribution in [-0.4, -0.2) is 18.1 Å². The molecule has 0 aliphatic rings. The summed E-state index contributed by atoms with van der Waals surface area (Å²) in [5.41, 5.74) is 1.16. The van der Waals surface area contributed by atoms with Crippen LogP contribution in [0.15, 0.2) is 40.2 Å². The first-order valence-electron chi connectivity index (χ1n) is 4.89. The minimum atomic E-state index is -0.910. The van der Waals surface area contributed by atoms with E-state index < -0.39 is 5.97 Å². The van der Waals surface area contributed by atoms with Crippen molar-refractivity contribution in [1.29, 1.82) is 0 Å². The summed E-state index contributed by atoms with van der Waals surface area (Å²) in [6.45, 7) is 0. The Labute approximate surface area is 111 Å². The van der Waals surface area contributed by atoms with E-state index in [1.165, 1.54) is 0 Å². The number of carbonyl (C=O) groups is 1. The van der Waals surface area contributed by atoms with Crippen molar-refractivity contribution in [2.24, 2.45) is 0 Å². The summed E-state index contributed by atoms with van der Waals surface area (Å²) in [4.78, 5) is 12.9. The van der Waals surface area contributed by atoms with Crippen LogP contribution in [0.25, 0.3) is 0 Å². The molecule has 0 bridgehead atoms. The molecule has 88 valence electrons. The van der Waals surface area contributed by atoms with Gasteiger partial charge in [0, 0.05) is 22.6 Å². The molecule has 3 nitrogen and oxygen atoms in total. The second kappa shape index (κ2) is 4.89. The molecule has 1 aromatic carbocycles. The van der Waals surface area contributed by atoms with Gasteiger partial charge in [0.2, 0.25) is 0 Å². The van der Waals surface area contributed by atoms with Crippen molar-refractivity contribution >= 4 is 43.9 Å². The van der Waals surface area contributed by atoms with Crippen molar-refractivity contribution in [2.75, 3.05) is 11.9 Å².